The summed E-state index contributed by atoms with van der Waals surface area (Å²) in [6, 6.07) is 21.0. The number of allylic oxidation sites excluding steroid dienone is 6. The number of hydrogen-bond acceptors (Lipinski definition) is 1. The normalized spacial score (nSPS) is 15.0. The lowest BCUT2D eigenvalue weighted by Crippen LogP contribution is -2.13. The molecule has 1 aliphatic rings. The highest BCUT2D eigenvalue weighted by molar-refractivity contribution is 6.04. The lowest BCUT2D eigenvalue weighted by Gasteiger charge is -2.27. The maximum absolute atomic E-state index is 5.25. The van der Waals surface area contributed by atoms with E-state index in [-0.39, 0.29) is 5.92 Å². The molecule has 0 radical (unpaired) electrons. The second kappa shape index (κ2) is 20.6. The fourth-order valence-corrected chi connectivity index (χ4v) is 8.73. The van der Waals surface area contributed by atoms with Crippen LogP contribution in [0.1, 0.15) is 182 Å². The number of aromatic amines is 1. The molecule has 1 atom stereocenters. The van der Waals surface area contributed by atoms with E-state index in [1.165, 1.54) is 151 Å². The van der Waals surface area contributed by atoms with Crippen LogP contribution in [-0.2, 0) is 12.8 Å². The van der Waals surface area contributed by atoms with Gasteiger partial charge < -0.3 is 9.55 Å². The Kier molecular flexibility index (Phi) is 15.7. The zero-order valence-corrected chi connectivity index (χ0v) is 34.4. The predicted molar refractivity (Wildman–Crippen MR) is 231 cm³/mol. The molecule has 2 heterocycles. The molecule has 284 valence electrons. The molecular formula is C50H69N3. The average molecular weight is 712 g/mol. The van der Waals surface area contributed by atoms with Crippen molar-refractivity contribution in [2.45, 2.75) is 164 Å². The lowest BCUT2D eigenvalue weighted by atomic mass is 9.81. The summed E-state index contributed by atoms with van der Waals surface area (Å²) < 4.78 is 2.50. The third-order valence-corrected chi connectivity index (χ3v) is 11.5. The highest BCUT2D eigenvalue weighted by Crippen LogP contribution is 2.54. The minimum absolute atomic E-state index is 0.123. The van der Waals surface area contributed by atoms with Crippen molar-refractivity contribution in [2.24, 2.45) is 0 Å². The maximum Gasteiger partial charge on any atom is 0.113 e. The van der Waals surface area contributed by atoms with E-state index in [0.29, 0.717) is 0 Å². The van der Waals surface area contributed by atoms with Gasteiger partial charge in [-0.15, -0.1) is 0 Å². The number of hydrogen-bond donors (Lipinski definition) is 1. The molecule has 3 heteroatoms. The van der Waals surface area contributed by atoms with Gasteiger partial charge in [-0.3, -0.25) is 0 Å². The van der Waals surface area contributed by atoms with Gasteiger partial charge in [-0.05, 0) is 104 Å². The van der Waals surface area contributed by atoms with Crippen LogP contribution in [0.25, 0.3) is 22.4 Å². The van der Waals surface area contributed by atoms with Crippen LogP contribution in [-0.4, -0.2) is 14.5 Å². The van der Waals surface area contributed by atoms with Crippen LogP contribution in [0.15, 0.2) is 78.6 Å². The molecule has 0 saturated carbocycles. The zero-order valence-electron chi connectivity index (χ0n) is 34.4. The third kappa shape index (κ3) is 10.0. The van der Waals surface area contributed by atoms with Crippen LogP contribution in [0.2, 0.25) is 0 Å². The molecule has 1 aliphatic carbocycles. The topological polar surface area (TPSA) is 33.6 Å². The van der Waals surface area contributed by atoms with Gasteiger partial charge in [0.2, 0.25) is 0 Å². The summed E-state index contributed by atoms with van der Waals surface area (Å²) in [5.41, 5.74) is 16.3. The van der Waals surface area contributed by atoms with Crippen molar-refractivity contribution < 1.29 is 0 Å². The van der Waals surface area contributed by atoms with Crippen LogP contribution in [0.4, 0.5) is 0 Å². The molecule has 0 fully saturated rings. The molecule has 0 bridgehead atoms. The number of H-pyrrole nitrogens is 1. The zero-order chi connectivity index (χ0) is 37.6. The van der Waals surface area contributed by atoms with Gasteiger partial charge in [0.05, 0.1) is 11.4 Å². The second-order valence-electron chi connectivity index (χ2n) is 15.7. The molecule has 1 unspecified atom stereocenters. The number of fused-ring (bicyclic) bond motifs is 1. The largest absolute Gasteiger partial charge is 0.361 e. The van der Waals surface area contributed by atoms with Crippen LogP contribution >= 0.6 is 0 Å². The number of nitrogens with zero attached hydrogens (tertiary/aromatic N) is 2. The highest BCUT2D eigenvalue weighted by Gasteiger charge is 2.36. The van der Waals surface area contributed by atoms with Gasteiger partial charge >= 0.3 is 0 Å². The first-order valence-electron chi connectivity index (χ1n) is 21.4. The molecule has 0 spiro atoms. The number of unbranched alkanes of at least 4 members (excludes halogenated alkanes) is 11. The Balaban J connectivity index is 1.64. The fourth-order valence-electron chi connectivity index (χ4n) is 8.73. The number of imidazole rings is 1. The van der Waals surface area contributed by atoms with Gasteiger partial charge in [-0.2, -0.15) is 0 Å². The van der Waals surface area contributed by atoms with Crippen LogP contribution in [0.5, 0.6) is 0 Å². The van der Waals surface area contributed by atoms with Crippen molar-refractivity contribution in [2.75, 3.05) is 0 Å². The Morgan fingerprint density at radius 3 is 2.04 bits per heavy atom. The van der Waals surface area contributed by atoms with E-state index >= 15 is 0 Å². The van der Waals surface area contributed by atoms with Gasteiger partial charge in [-0.1, -0.05) is 158 Å². The first kappa shape index (κ1) is 40.3. The SMILES string of the molecule is CC=C(C(=C(C)c1[nH]ccc1CCC)n1cc(C)nc1CCCCCCCCCC)C1C(c2ccc(C)cc2)=C(CCCCCCC)c2ccccc21. The summed E-state index contributed by atoms with van der Waals surface area (Å²) in [5, 5.41) is 0. The van der Waals surface area contributed by atoms with Crippen LogP contribution < -0.4 is 0 Å². The van der Waals surface area contributed by atoms with E-state index in [0.717, 1.165) is 31.4 Å². The molecule has 0 saturated heterocycles. The van der Waals surface area contributed by atoms with Gasteiger partial charge in [0.1, 0.15) is 5.82 Å². The van der Waals surface area contributed by atoms with Gasteiger partial charge in [-0.25, -0.2) is 4.98 Å². The average Bonchev–Trinajstić information content (AvgIpc) is 3.87. The standard InChI is InChI=1S/C50H69N3/c1-8-12-14-16-17-18-20-22-29-46-52-38(6)36-53(46)50(39(7)49-41(25-10-3)34-35-51-49)42(11-4)48-45-28-24-23-26-43(45)44(27-21-19-15-13-9-2)47(48)40-32-30-37(5)31-33-40/h11,23-24,26,28,30-36,48,51H,8-10,12-22,25,27,29H2,1-7H3. The Bertz CT molecular complexity index is 1820. The summed E-state index contributed by atoms with van der Waals surface area (Å²) in [5.74, 6) is 1.31. The number of nitrogens with one attached hydrogen (secondary N) is 1. The molecule has 2 aromatic heterocycles. The molecule has 0 aliphatic heterocycles. The minimum atomic E-state index is 0.123. The summed E-state index contributed by atoms with van der Waals surface area (Å²) >= 11 is 0. The number of benzene rings is 2. The molecule has 0 amide bonds. The Morgan fingerprint density at radius 1 is 0.736 bits per heavy atom. The first-order chi connectivity index (χ1) is 25.9. The summed E-state index contributed by atoms with van der Waals surface area (Å²) in [6.07, 6.45) is 28.1. The quantitative estimate of drug-likeness (QED) is 0.0639. The molecule has 4 aromatic rings. The predicted octanol–water partition coefficient (Wildman–Crippen LogP) is 14.9. The second-order valence-corrected chi connectivity index (χ2v) is 15.7. The van der Waals surface area contributed by atoms with E-state index in [9.17, 15) is 0 Å². The fraction of sp³-hybridized carbons (Fsp3) is 0.500. The van der Waals surface area contributed by atoms with Crippen molar-refractivity contribution in [1.82, 2.24) is 14.5 Å². The number of rotatable bonds is 22. The van der Waals surface area contributed by atoms with Gasteiger partial charge in [0.15, 0.2) is 0 Å². The molecule has 3 nitrogen and oxygen atoms in total. The van der Waals surface area contributed by atoms with Crippen molar-refractivity contribution in [1.29, 1.82) is 0 Å². The van der Waals surface area contributed by atoms with Crippen LogP contribution in [0, 0.1) is 13.8 Å². The summed E-state index contributed by atoms with van der Waals surface area (Å²) in [6.45, 7) is 15.9. The summed E-state index contributed by atoms with van der Waals surface area (Å²) in [7, 11) is 0. The Morgan fingerprint density at radius 2 is 1.38 bits per heavy atom. The van der Waals surface area contributed by atoms with Gasteiger partial charge in [0, 0.05) is 30.4 Å². The Labute approximate surface area is 323 Å². The maximum atomic E-state index is 5.25. The van der Waals surface area contributed by atoms with E-state index < -0.39 is 0 Å². The molecule has 2 aromatic carbocycles. The Hall–Kier alpha value is -3.85. The van der Waals surface area contributed by atoms with Crippen molar-refractivity contribution in [3.63, 3.8) is 0 Å². The smallest absolute Gasteiger partial charge is 0.113 e. The van der Waals surface area contributed by atoms with E-state index in [4.69, 9.17) is 4.98 Å². The number of aryl methyl sites for hydroxylation is 4. The van der Waals surface area contributed by atoms with E-state index in [1.54, 1.807) is 0 Å². The lowest BCUT2D eigenvalue weighted by molar-refractivity contribution is 0.571. The molecule has 53 heavy (non-hydrogen) atoms. The van der Waals surface area contributed by atoms with Crippen molar-refractivity contribution >= 4 is 22.4 Å². The van der Waals surface area contributed by atoms with Crippen molar-refractivity contribution in [3.8, 4) is 0 Å². The molecular weight excluding hydrogens is 643 g/mol. The molecule has 1 N–H and O–H groups in total. The molecule has 5 rings (SSSR count). The minimum Gasteiger partial charge on any atom is -0.361 e. The van der Waals surface area contributed by atoms with E-state index in [1.807, 2.05) is 0 Å². The summed E-state index contributed by atoms with van der Waals surface area (Å²) in [4.78, 5) is 8.95. The number of aromatic nitrogens is 3. The highest BCUT2D eigenvalue weighted by atomic mass is 15.1. The van der Waals surface area contributed by atoms with Gasteiger partial charge in [0.25, 0.3) is 0 Å². The van der Waals surface area contributed by atoms with E-state index in [2.05, 4.69) is 131 Å². The first-order valence-corrected chi connectivity index (χ1v) is 21.4. The third-order valence-electron chi connectivity index (χ3n) is 11.5. The van der Waals surface area contributed by atoms with Crippen LogP contribution in [0.3, 0.4) is 0 Å². The van der Waals surface area contributed by atoms with Crippen molar-refractivity contribution in [3.05, 3.63) is 124 Å². The monoisotopic (exact) mass is 712 g/mol.